The molecule has 0 radical (unpaired) electrons. The first-order valence-electron chi connectivity index (χ1n) is 5.92. The second-order valence-electron chi connectivity index (χ2n) is 4.60. The molecule has 0 aromatic heterocycles. The lowest BCUT2D eigenvalue weighted by Gasteiger charge is -2.24. The summed E-state index contributed by atoms with van der Waals surface area (Å²) in [5.74, 6) is -0.681. The van der Waals surface area contributed by atoms with E-state index in [-0.39, 0.29) is 17.6 Å². The van der Waals surface area contributed by atoms with E-state index in [0.29, 0.717) is 6.04 Å². The molecule has 0 aromatic carbocycles. The zero-order chi connectivity index (χ0) is 11.4. The molecule has 1 saturated heterocycles. The number of nitrogens with zero attached hydrogens (tertiary/aromatic N) is 1. The quantitative estimate of drug-likeness (QED) is 0.667. The summed E-state index contributed by atoms with van der Waals surface area (Å²) in [7, 11) is 0. The maximum absolute atomic E-state index is 11.8. The monoisotopic (exact) mass is 211 g/mol. The van der Waals surface area contributed by atoms with Gasteiger partial charge in [0.25, 0.3) is 5.91 Å². The molecule has 0 bridgehead atoms. The fourth-order valence-electron chi connectivity index (χ4n) is 2.12. The van der Waals surface area contributed by atoms with Crippen LogP contribution >= 0.6 is 0 Å². The van der Waals surface area contributed by atoms with Crippen LogP contribution in [0.15, 0.2) is 0 Å². The van der Waals surface area contributed by atoms with Crippen LogP contribution in [0, 0.1) is 5.92 Å². The molecule has 3 heteroatoms. The van der Waals surface area contributed by atoms with E-state index in [0.717, 1.165) is 32.2 Å². The maximum atomic E-state index is 11.8. The highest BCUT2D eigenvalue weighted by atomic mass is 16.2. The lowest BCUT2D eigenvalue weighted by molar-refractivity contribution is -0.146. The predicted molar refractivity (Wildman–Crippen MR) is 59.5 cm³/mol. The fourth-order valence-corrected chi connectivity index (χ4v) is 2.12. The van der Waals surface area contributed by atoms with Gasteiger partial charge in [0.2, 0.25) is 5.78 Å². The zero-order valence-corrected chi connectivity index (χ0v) is 9.95. The van der Waals surface area contributed by atoms with Crippen LogP contribution in [-0.2, 0) is 9.59 Å². The van der Waals surface area contributed by atoms with Crippen LogP contribution in [0.2, 0.25) is 0 Å². The third kappa shape index (κ3) is 2.80. The van der Waals surface area contributed by atoms with Crippen molar-refractivity contribution in [2.45, 2.75) is 52.5 Å². The number of Topliss-reactive ketones (excluding diaryl/α,β-unsaturated/α-hetero) is 1. The molecule has 0 spiro atoms. The number of rotatable bonds is 4. The number of ketones is 1. The van der Waals surface area contributed by atoms with E-state index < -0.39 is 0 Å². The lowest BCUT2D eigenvalue weighted by atomic mass is 10.1. The average Bonchev–Trinajstić information content (AvgIpc) is 2.64. The summed E-state index contributed by atoms with van der Waals surface area (Å²) in [5, 5.41) is 0. The Labute approximate surface area is 91.8 Å². The van der Waals surface area contributed by atoms with Gasteiger partial charge >= 0.3 is 0 Å². The molecule has 1 unspecified atom stereocenters. The SMILES string of the molecule is CCCC1CCCN1C(=O)C(=O)C(C)C. The van der Waals surface area contributed by atoms with Gasteiger partial charge < -0.3 is 4.90 Å². The van der Waals surface area contributed by atoms with Crippen molar-refractivity contribution in [2.24, 2.45) is 5.92 Å². The van der Waals surface area contributed by atoms with Gasteiger partial charge in [-0.25, -0.2) is 0 Å². The van der Waals surface area contributed by atoms with E-state index in [9.17, 15) is 9.59 Å². The maximum Gasteiger partial charge on any atom is 0.290 e. The molecule has 0 N–H and O–H groups in total. The summed E-state index contributed by atoms with van der Waals surface area (Å²) >= 11 is 0. The first-order chi connectivity index (χ1) is 7.07. The Hall–Kier alpha value is -0.860. The van der Waals surface area contributed by atoms with Gasteiger partial charge in [0.1, 0.15) is 0 Å². The Bertz CT molecular complexity index is 248. The number of hydrogen-bond acceptors (Lipinski definition) is 2. The van der Waals surface area contributed by atoms with Gasteiger partial charge in [-0.15, -0.1) is 0 Å². The molecule has 15 heavy (non-hydrogen) atoms. The molecule has 1 atom stereocenters. The molecule has 1 aliphatic rings. The molecule has 0 aliphatic carbocycles. The van der Waals surface area contributed by atoms with Crippen molar-refractivity contribution >= 4 is 11.7 Å². The van der Waals surface area contributed by atoms with Crippen LogP contribution in [0.3, 0.4) is 0 Å². The molecule has 86 valence electrons. The van der Waals surface area contributed by atoms with E-state index >= 15 is 0 Å². The smallest absolute Gasteiger partial charge is 0.290 e. The third-order valence-electron chi connectivity index (χ3n) is 3.00. The molecule has 1 amide bonds. The minimum absolute atomic E-state index is 0.180. The van der Waals surface area contributed by atoms with Crippen LogP contribution < -0.4 is 0 Å². The first-order valence-corrected chi connectivity index (χ1v) is 5.92. The summed E-state index contributed by atoms with van der Waals surface area (Å²) in [6.45, 7) is 6.45. The number of likely N-dealkylation sites (tertiary alicyclic amines) is 1. The van der Waals surface area contributed by atoms with Gasteiger partial charge in [0, 0.05) is 18.5 Å². The van der Waals surface area contributed by atoms with Gasteiger partial charge in [-0.05, 0) is 19.3 Å². The van der Waals surface area contributed by atoms with Crippen molar-refractivity contribution in [1.82, 2.24) is 4.90 Å². The Morgan fingerprint density at radius 2 is 2.07 bits per heavy atom. The van der Waals surface area contributed by atoms with Gasteiger partial charge in [0.15, 0.2) is 0 Å². The number of amides is 1. The third-order valence-corrected chi connectivity index (χ3v) is 3.00. The van der Waals surface area contributed by atoms with E-state index in [2.05, 4.69) is 6.92 Å². The second-order valence-corrected chi connectivity index (χ2v) is 4.60. The fraction of sp³-hybridized carbons (Fsp3) is 0.833. The molecule has 3 nitrogen and oxygen atoms in total. The molecular weight excluding hydrogens is 190 g/mol. The summed E-state index contributed by atoms with van der Waals surface area (Å²) in [5.41, 5.74) is 0. The molecule has 0 saturated carbocycles. The summed E-state index contributed by atoms with van der Waals surface area (Å²) in [4.78, 5) is 25.2. The minimum Gasteiger partial charge on any atom is -0.333 e. The number of hydrogen-bond donors (Lipinski definition) is 0. The number of carbonyl (C=O) groups excluding carboxylic acids is 2. The zero-order valence-electron chi connectivity index (χ0n) is 9.95. The molecule has 1 aliphatic heterocycles. The lowest BCUT2D eigenvalue weighted by Crippen LogP contribution is -2.41. The number of carbonyl (C=O) groups is 2. The first kappa shape index (κ1) is 12.2. The van der Waals surface area contributed by atoms with Crippen molar-refractivity contribution in [3.05, 3.63) is 0 Å². The average molecular weight is 211 g/mol. The highest BCUT2D eigenvalue weighted by Crippen LogP contribution is 2.22. The summed E-state index contributed by atoms with van der Waals surface area (Å²) < 4.78 is 0. The van der Waals surface area contributed by atoms with Crippen molar-refractivity contribution in [2.75, 3.05) is 6.54 Å². The highest BCUT2D eigenvalue weighted by Gasteiger charge is 2.32. The van der Waals surface area contributed by atoms with Crippen LogP contribution in [0.4, 0.5) is 0 Å². The van der Waals surface area contributed by atoms with E-state index in [4.69, 9.17) is 0 Å². The normalized spacial score (nSPS) is 21.1. The standard InChI is InChI=1S/C12H21NO2/c1-4-6-10-7-5-8-13(10)12(15)11(14)9(2)3/h9-10H,4-8H2,1-3H3. The minimum atomic E-state index is -0.263. The molecular formula is C12H21NO2. The Morgan fingerprint density at radius 3 is 2.60 bits per heavy atom. The molecule has 1 rings (SSSR count). The Balaban J connectivity index is 2.62. The molecule has 1 fully saturated rings. The van der Waals surface area contributed by atoms with Crippen LogP contribution in [-0.4, -0.2) is 29.2 Å². The highest BCUT2D eigenvalue weighted by molar-refractivity contribution is 6.36. The second kappa shape index (κ2) is 5.29. The van der Waals surface area contributed by atoms with Gasteiger partial charge in [0.05, 0.1) is 0 Å². The van der Waals surface area contributed by atoms with Crippen molar-refractivity contribution in [1.29, 1.82) is 0 Å². The van der Waals surface area contributed by atoms with Gasteiger partial charge in [-0.1, -0.05) is 27.2 Å². The van der Waals surface area contributed by atoms with E-state index in [1.165, 1.54) is 0 Å². The predicted octanol–water partition coefficient (Wildman–Crippen LogP) is 2.00. The van der Waals surface area contributed by atoms with Crippen molar-refractivity contribution < 1.29 is 9.59 Å². The van der Waals surface area contributed by atoms with Crippen molar-refractivity contribution in [3.63, 3.8) is 0 Å². The van der Waals surface area contributed by atoms with E-state index in [1.54, 1.807) is 18.7 Å². The Kier molecular flexibility index (Phi) is 4.30. The molecule has 0 aromatic rings. The Morgan fingerprint density at radius 1 is 1.40 bits per heavy atom. The van der Waals surface area contributed by atoms with Gasteiger partial charge in [-0.3, -0.25) is 9.59 Å². The van der Waals surface area contributed by atoms with Crippen LogP contribution in [0.1, 0.15) is 46.5 Å². The van der Waals surface area contributed by atoms with E-state index in [1.807, 2.05) is 0 Å². The topological polar surface area (TPSA) is 37.4 Å². The largest absolute Gasteiger partial charge is 0.333 e. The summed E-state index contributed by atoms with van der Waals surface area (Å²) in [6, 6.07) is 0.310. The van der Waals surface area contributed by atoms with Crippen LogP contribution in [0.25, 0.3) is 0 Å². The molecule has 1 heterocycles. The van der Waals surface area contributed by atoms with Crippen molar-refractivity contribution in [3.8, 4) is 0 Å². The summed E-state index contributed by atoms with van der Waals surface area (Å²) in [6.07, 6.45) is 4.20. The van der Waals surface area contributed by atoms with Gasteiger partial charge in [-0.2, -0.15) is 0 Å². The van der Waals surface area contributed by atoms with Crippen LogP contribution in [0.5, 0.6) is 0 Å².